The third kappa shape index (κ3) is 7.96. The van der Waals surface area contributed by atoms with Crippen molar-refractivity contribution >= 4 is 12.2 Å². The average Bonchev–Trinajstić information content (AvgIpc) is 3.44. The fraction of sp³-hybridized carbons (Fsp3) is 0.225. The number of allylic oxidation sites excluding steroid dienone is 10. The van der Waals surface area contributed by atoms with Crippen LogP contribution in [0.25, 0.3) is 34.8 Å². The molecule has 2 aromatic heterocycles. The molecular weight excluding hydrogens is 536 g/mol. The van der Waals surface area contributed by atoms with E-state index in [2.05, 4.69) is 122 Å². The average molecular weight is 579 g/mol. The molecule has 0 aliphatic heterocycles. The lowest BCUT2D eigenvalue weighted by Crippen LogP contribution is -2.25. The molecule has 0 N–H and O–H groups in total. The number of nitrogens with zero attached hydrogens (tertiary/aromatic N) is 4. The van der Waals surface area contributed by atoms with Gasteiger partial charge in [0.05, 0.1) is 12.2 Å². The number of aromatic nitrogens is 4. The highest BCUT2D eigenvalue weighted by atomic mass is 15.4. The number of hydrogen-bond acceptors (Lipinski definition) is 3. The number of benzene rings is 2. The Labute approximate surface area is 261 Å². The molecule has 4 nitrogen and oxygen atoms in total. The summed E-state index contributed by atoms with van der Waals surface area (Å²) in [6.07, 6.45) is 28.0. The van der Waals surface area contributed by atoms with Crippen molar-refractivity contribution in [2.45, 2.75) is 59.4 Å². The van der Waals surface area contributed by atoms with Crippen LogP contribution >= 0.6 is 0 Å². The molecule has 0 bridgehead atoms. The van der Waals surface area contributed by atoms with E-state index in [9.17, 15) is 0 Å². The first-order valence-electron chi connectivity index (χ1n) is 15.7. The lowest BCUT2D eigenvalue weighted by molar-refractivity contribution is 0.654. The van der Waals surface area contributed by atoms with Gasteiger partial charge in [0, 0.05) is 11.3 Å². The molecule has 2 heterocycles. The van der Waals surface area contributed by atoms with Crippen LogP contribution < -0.4 is 10.4 Å². The van der Waals surface area contributed by atoms with E-state index >= 15 is 0 Å². The molecule has 4 aromatic rings. The Morgan fingerprint density at radius 1 is 0.818 bits per heavy atom. The molecule has 0 atom stereocenters. The van der Waals surface area contributed by atoms with Crippen molar-refractivity contribution in [2.24, 2.45) is 0 Å². The maximum Gasteiger partial charge on any atom is 0.122 e. The number of hydrogen-bond donors (Lipinski definition) is 0. The van der Waals surface area contributed by atoms with E-state index in [0.717, 1.165) is 40.0 Å². The number of aryl methyl sites for hydroxylation is 1. The molecule has 0 fully saturated rings. The molecule has 0 saturated carbocycles. The van der Waals surface area contributed by atoms with E-state index in [1.165, 1.54) is 47.6 Å². The monoisotopic (exact) mass is 578 g/mol. The number of unbranched alkanes of at least 4 members (excludes halogenated alkanes) is 4. The van der Waals surface area contributed by atoms with Crippen molar-refractivity contribution in [3.8, 4) is 22.6 Å². The summed E-state index contributed by atoms with van der Waals surface area (Å²) in [4.78, 5) is 4.88. The molecule has 1 aliphatic carbocycles. The Kier molecular flexibility index (Phi) is 10.8. The predicted molar refractivity (Wildman–Crippen MR) is 185 cm³/mol. The first-order chi connectivity index (χ1) is 21.7. The lowest BCUT2D eigenvalue weighted by atomic mass is 9.98. The molecule has 4 heteroatoms. The van der Waals surface area contributed by atoms with Gasteiger partial charge in [-0.2, -0.15) is 0 Å². The molecule has 0 amide bonds. The van der Waals surface area contributed by atoms with Gasteiger partial charge in [0.1, 0.15) is 11.4 Å². The Bertz CT molecular complexity index is 1830. The Balaban J connectivity index is 1.53. The van der Waals surface area contributed by atoms with Crippen molar-refractivity contribution < 1.29 is 0 Å². The van der Waals surface area contributed by atoms with Crippen LogP contribution in [0.3, 0.4) is 0 Å². The van der Waals surface area contributed by atoms with E-state index in [-0.39, 0.29) is 0 Å². The van der Waals surface area contributed by atoms with Crippen LogP contribution in [-0.4, -0.2) is 20.0 Å². The molecule has 44 heavy (non-hydrogen) atoms. The maximum atomic E-state index is 4.88. The van der Waals surface area contributed by atoms with Gasteiger partial charge in [0.25, 0.3) is 0 Å². The van der Waals surface area contributed by atoms with E-state index in [1.807, 2.05) is 35.9 Å². The van der Waals surface area contributed by atoms with E-state index in [0.29, 0.717) is 6.54 Å². The third-order valence-corrected chi connectivity index (χ3v) is 7.73. The van der Waals surface area contributed by atoms with Gasteiger partial charge in [-0.1, -0.05) is 115 Å². The van der Waals surface area contributed by atoms with Crippen molar-refractivity contribution in [1.29, 1.82) is 0 Å². The molecule has 0 unspecified atom stereocenters. The van der Waals surface area contributed by atoms with Crippen LogP contribution in [0.5, 0.6) is 0 Å². The van der Waals surface area contributed by atoms with Crippen molar-refractivity contribution in [2.75, 3.05) is 0 Å². The fourth-order valence-electron chi connectivity index (χ4n) is 5.48. The molecular formula is C40H42N4. The molecule has 222 valence electrons. The summed E-state index contributed by atoms with van der Waals surface area (Å²) in [6, 6.07) is 23.1. The number of pyridine rings is 1. The van der Waals surface area contributed by atoms with E-state index in [1.54, 1.807) is 0 Å². The van der Waals surface area contributed by atoms with E-state index in [4.69, 9.17) is 10.1 Å². The van der Waals surface area contributed by atoms with Gasteiger partial charge in [-0.3, -0.25) is 4.98 Å². The quantitative estimate of drug-likeness (QED) is 0.0962. The van der Waals surface area contributed by atoms with Crippen LogP contribution in [0.2, 0.25) is 0 Å². The summed E-state index contributed by atoms with van der Waals surface area (Å²) >= 11 is 0. The molecule has 0 radical (unpaired) electrons. The minimum atomic E-state index is 0.619. The van der Waals surface area contributed by atoms with Gasteiger partial charge in [0.2, 0.25) is 0 Å². The normalized spacial score (nSPS) is 16.0. The predicted octanol–water partition coefficient (Wildman–Crippen LogP) is 8.45. The van der Waals surface area contributed by atoms with Crippen LogP contribution in [0.4, 0.5) is 0 Å². The number of rotatable bonds is 12. The zero-order valence-electron chi connectivity index (χ0n) is 26.2. The smallest absolute Gasteiger partial charge is 0.122 e. The highest BCUT2D eigenvalue weighted by Gasteiger charge is 2.18. The standard InChI is InChI=1S/C40H42N4/c1-4-6-7-8-9-10-14-22-33(18-5-2)35-24-16-15-23-34-26-27-36(29-37(34)28-35)39-40(38-25-17-19-31(3)41-38)44(43-42-39)30-32-20-12-11-13-21-32/h4-6,11-13,15-29H,7-10,14,30H2,1-3H3/b6-4+,16-15+,18-5-,23-15?,24-16?,33-22+,34-23+,35-24+,35-28?,37-28?. The highest BCUT2D eigenvalue weighted by Crippen LogP contribution is 2.29. The topological polar surface area (TPSA) is 43.6 Å². The molecule has 1 aliphatic rings. The lowest BCUT2D eigenvalue weighted by Gasteiger charge is -2.10. The first-order valence-corrected chi connectivity index (χ1v) is 15.7. The highest BCUT2D eigenvalue weighted by molar-refractivity contribution is 5.77. The molecule has 0 spiro atoms. The second kappa shape index (κ2) is 15.6. The van der Waals surface area contributed by atoms with Crippen LogP contribution in [0, 0.1) is 6.92 Å². The van der Waals surface area contributed by atoms with Crippen molar-refractivity contribution in [3.05, 3.63) is 148 Å². The Morgan fingerprint density at radius 3 is 2.48 bits per heavy atom. The first kappa shape index (κ1) is 30.6. The largest absolute Gasteiger partial charge is 0.251 e. The van der Waals surface area contributed by atoms with Gasteiger partial charge in [-0.25, -0.2) is 4.68 Å². The van der Waals surface area contributed by atoms with E-state index < -0.39 is 0 Å². The molecule has 0 saturated heterocycles. The summed E-state index contributed by atoms with van der Waals surface area (Å²) in [7, 11) is 0. The minimum Gasteiger partial charge on any atom is -0.251 e. The zero-order valence-corrected chi connectivity index (χ0v) is 26.2. The third-order valence-electron chi connectivity index (χ3n) is 7.73. The summed E-state index contributed by atoms with van der Waals surface area (Å²) in [5.41, 5.74) is 8.23. The van der Waals surface area contributed by atoms with Gasteiger partial charge >= 0.3 is 0 Å². The summed E-state index contributed by atoms with van der Waals surface area (Å²) < 4.78 is 1.97. The fourth-order valence-corrected chi connectivity index (χ4v) is 5.48. The van der Waals surface area contributed by atoms with Gasteiger partial charge < -0.3 is 0 Å². The van der Waals surface area contributed by atoms with Gasteiger partial charge in [-0.15, -0.1) is 5.10 Å². The second-order valence-corrected chi connectivity index (χ2v) is 11.1. The zero-order chi connectivity index (χ0) is 30.6. The Morgan fingerprint density at radius 2 is 1.66 bits per heavy atom. The van der Waals surface area contributed by atoms with Crippen molar-refractivity contribution in [3.63, 3.8) is 0 Å². The van der Waals surface area contributed by atoms with Gasteiger partial charge in [0.15, 0.2) is 0 Å². The second-order valence-electron chi connectivity index (χ2n) is 11.1. The van der Waals surface area contributed by atoms with Crippen LogP contribution in [0.15, 0.2) is 126 Å². The number of fused-ring (bicyclic) bond motifs is 1. The molecule has 2 aromatic carbocycles. The van der Waals surface area contributed by atoms with Crippen LogP contribution in [0.1, 0.15) is 57.2 Å². The van der Waals surface area contributed by atoms with Crippen LogP contribution in [-0.2, 0) is 6.54 Å². The Hall–Kier alpha value is -4.83. The SMILES string of the molecule is C\C=C/C(=C\CCCCC/C=C/C)C1=C/C=C/C=c2\ccc(-c3nnn(Cc4ccccc4)c3-c3cccc(C)n3)cc2=C\1. The summed E-state index contributed by atoms with van der Waals surface area (Å²) in [5, 5.41) is 11.7. The van der Waals surface area contributed by atoms with Crippen molar-refractivity contribution in [1.82, 2.24) is 20.0 Å². The minimum absolute atomic E-state index is 0.619. The van der Waals surface area contributed by atoms with Gasteiger partial charge in [-0.05, 0) is 97.9 Å². The maximum absolute atomic E-state index is 4.88. The molecule has 5 rings (SSSR count). The summed E-state index contributed by atoms with van der Waals surface area (Å²) in [6.45, 7) is 6.82. The summed E-state index contributed by atoms with van der Waals surface area (Å²) in [5.74, 6) is 0.